The van der Waals surface area contributed by atoms with Gasteiger partial charge in [0.1, 0.15) is 18.1 Å². The van der Waals surface area contributed by atoms with Gasteiger partial charge >= 0.3 is 0 Å². The van der Waals surface area contributed by atoms with Gasteiger partial charge in [-0.3, -0.25) is 15.4 Å². The van der Waals surface area contributed by atoms with Gasteiger partial charge < -0.3 is 29.6 Å². The average Bonchev–Trinajstić information content (AvgIpc) is 2.86. The predicted octanol–water partition coefficient (Wildman–Crippen LogP) is 1.42. The van der Waals surface area contributed by atoms with Gasteiger partial charge in [0.15, 0.2) is 11.5 Å². The number of aromatic hydroxyl groups is 1. The third kappa shape index (κ3) is 8.71. The Bertz CT molecular complexity index is 1030. The summed E-state index contributed by atoms with van der Waals surface area (Å²) in [6, 6.07) is 10.8. The van der Waals surface area contributed by atoms with Crippen LogP contribution in [0.4, 0.5) is 0 Å². The molecule has 0 spiro atoms. The lowest BCUT2D eigenvalue weighted by atomic mass is 10.0. The van der Waals surface area contributed by atoms with E-state index in [9.17, 15) is 19.5 Å². The second-order valence-electron chi connectivity index (χ2n) is 8.11. The van der Waals surface area contributed by atoms with Crippen LogP contribution in [0.15, 0.2) is 55.1 Å². The maximum absolute atomic E-state index is 13.7. The molecule has 2 aromatic carbocycles. The molecule has 194 valence electrons. The standard InChI is InChI=1S/C26H34N4O6/c1-4-12-30(27)18-25(33)28-22(15-19-6-9-21(32)10-7-19)26(34)29(13-5-14-31)17-20-8-11-23(35-2)24(16-20)36-3/h4,6-11,14,16,22,32H,1,5,12-13,15,17-18,27H2,2-3H3,(H,28,33)/t22-/m0/s1. The second kappa shape index (κ2) is 14.5. The number of carbonyl (C=O) groups is 3. The molecule has 0 radical (unpaired) electrons. The van der Waals surface area contributed by atoms with Crippen molar-refractivity contribution in [2.45, 2.75) is 25.4 Å². The van der Waals surface area contributed by atoms with Crippen molar-refractivity contribution in [1.29, 1.82) is 0 Å². The van der Waals surface area contributed by atoms with Crippen molar-refractivity contribution in [3.63, 3.8) is 0 Å². The van der Waals surface area contributed by atoms with Crippen LogP contribution < -0.4 is 20.6 Å². The van der Waals surface area contributed by atoms with Gasteiger partial charge in [0.25, 0.3) is 0 Å². The summed E-state index contributed by atoms with van der Waals surface area (Å²) in [5.74, 6) is 6.16. The van der Waals surface area contributed by atoms with Gasteiger partial charge in [-0.2, -0.15) is 0 Å². The van der Waals surface area contributed by atoms with Crippen LogP contribution in [0.5, 0.6) is 17.2 Å². The summed E-state index contributed by atoms with van der Waals surface area (Å²) in [5, 5.41) is 13.6. The highest BCUT2D eigenvalue weighted by atomic mass is 16.5. The molecule has 10 heteroatoms. The lowest BCUT2D eigenvalue weighted by Crippen LogP contribution is -2.52. The van der Waals surface area contributed by atoms with Gasteiger partial charge in [-0.25, -0.2) is 5.01 Å². The van der Waals surface area contributed by atoms with E-state index in [1.807, 2.05) is 0 Å². The zero-order chi connectivity index (χ0) is 26.5. The molecule has 4 N–H and O–H groups in total. The van der Waals surface area contributed by atoms with Gasteiger partial charge in [0.05, 0.1) is 20.8 Å². The van der Waals surface area contributed by atoms with E-state index in [-0.39, 0.29) is 44.1 Å². The van der Waals surface area contributed by atoms with E-state index >= 15 is 0 Å². The number of aldehydes is 1. The summed E-state index contributed by atoms with van der Waals surface area (Å²) in [5.41, 5.74) is 1.50. The van der Waals surface area contributed by atoms with Crippen LogP contribution in [0.3, 0.4) is 0 Å². The van der Waals surface area contributed by atoms with Crippen LogP contribution in [0.25, 0.3) is 0 Å². The molecular formula is C26H34N4O6. The van der Waals surface area contributed by atoms with Crippen molar-refractivity contribution in [1.82, 2.24) is 15.2 Å². The topological polar surface area (TPSA) is 134 Å². The molecule has 0 bridgehead atoms. The Morgan fingerprint density at radius 3 is 2.39 bits per heavy atom. The van der Waals surface area contributed by atoms with Crippen molar-refractivity contribution >= 4 is 18.1 Å². The molecule has 0 aliphatic rings. The molecule has 0 aromatic heterocycles. The maximum Gasteiger partial charge on any atom is 0.245 e. The Hall–Kier alpha value is -3.89. The number of nitrogens with two attached hydrogens (primary N) is 1. The molecule has 0 aliphatic heterocycles. The largest absolute Gasteiger partial charge is 0.508 e. The van der Waals surface area contributed by atoms with E-state index in [4.69, 9.17) is 15.3 Å². The fraction of sp³-hybridized carbons (Fsp3) is 0.346. The number of nitrogens with one attached hydrogen (secondary N) is 1. The summed E-state index contributed by atoms with van der Waals surface area (Å²) in [7, 11) is 3.05. The quantitative estimate of drug-likeness (QED) is 0.145. The van der Waals surface area contributed by atoms with Gasteiger partial charge in [-0.05, 0) is 35.4 Å². The molecule has 2 rings (SSSR count). The first kappa shape index (κ1) is 28.3. The van der Waals surface area contributed by atoms with Crippen LogP contribution in [-0.4, -0.2) is 73.0 Å². The van der Waals surface area contributed by atoms with Crippen LogP contribution in [0.1, 0.15) is 17.5 Å². The number of rotatable bonds is 15. The van der Waals surface area contributed by atoms with E-state index in [0.717, 1.165) is 17.4 Å². The van der Waals surface area contributed by atoms with Gasteiger partial charge in [-0.15, -0.1) is 6.58 Å². The van der Waals surface area contributed by atoms with Crippen LogP contribution in [0, 0.1) is 0 Å². The lowest BCUT2D eigenvalue weighted by Gasteiger charge is -2.28. The van der Waals surface area contributed by atoms with Crippen molar-refractivity contribution < 1.29 is 29.0 Å². The lowest BCUT2D eigenvalue weighted by molar-refractivity contribution is -0.137. The first-order valence-electron chi connectivity index (χ1n) is 11.4. The fourth-order valence-electron chi connectivity index (χ4n) is 3.62. The van der Waals surface area contributed by atoms with Crippen LogP contribution in [-0.2, 0) is 27.3 Å². The first-order valence-corrected chi connectivity index (χ1v) is 11.4. The van der Waals surface area contributed by atoms with Gasteiger partial charge in [-0.1, -0.05) is 24.3 Å². The third-order valence-corrected chi connectivity index (χ3v) is 5.37. The minimum Gasteiger partial charge on any atom is -0.508 e. The summed E-state index contributed by atoms with van der Waals surface area (Å²) < 4.78 is 10.6. The third-order valence-electron chi connectivity index (χ3n) is 5.37. The monoisotopic (exact) mass is 498 g/mol. The Kier molecular flexibility index (Phi) is 11.4. The molecule has 0 unspecified atom stereocenters. The van der Waals surface area contributed by atoms with Gasteiger partial charge in [0, 0.05) is 32.5 Å². The van der Waals surface area contributed by atoms with E-state index in [1.165, 1.54) is 36.3 Å². The molecule has 0 saturated carbocycles. The van der Waals surface area contributed by atoms with Crippen molar-refractivity contribution in [3.05, 3.63) is 66.2 Å². The predicted molar refractivity (Wildman–Crippen MR) is 135 cm³/mol. The number of amides is 2. The second-order valence-corrected chi connectivity index (χ2v) is 8.11. The Morgan fingerprint density at radius 2 is 1.78 bits per heavy atom. The first-order chi connectivity index (χ1) is 17.3. The number of benzene rings is 2. The minimum atomic E-state index is -0.925. The van der Waals surface area contributed by atoms with Crippen molar-refractivity contribution in [3.8, 4) is 17.2 Å². The number of ether oxygens (including phenoxy) is 2. The molecule has 2 amide bonds. The van der Waals surface area contributed by atoms with E-state index < -0.39 is 11.9 Å². The fourth-order valence-corrected chi connectivity index (χ4v) is 3.62. The summed E-state index contributed by atoms with van der Waals surface area (Å²) in [6.07, 6.45) is 2.62. The number of carbonyl (C=O) groups excluding carboxylic acids is 3. The number of hydrazine groups is 1. The Balaban J connectivity index is 2.30. The number of hydrogen-bond acceptors (Lipinski definition) is 8. The summed E-state index contributed by atoms with van der Waals surface area (Å²) in [6.45, 7) is 4.12. The zero-order valence-electron chi connectivity index (χ0n) is 20.7. The Morgan fingerprint density at radius 1 is 1.11 bits per heavy atom. The molecule has 2 aromatic rings. The number of nitrogens with zero attached hydrogens (tertiary/aromatic N) is 2. The smallest absolute Gasteiger partial charge is 0.245 e. The minimum absolute atomic E-state index is 0.0925. The summed E-state index contributed by atoms with van der Waals surface area (Å²) in [4.78, 5) is 39.0. The van der Waals surface area contributed by atoms with Crippen LogP contribution >= 0.6 is 0 Å². The van der Waals surface area contributed by atoms with Gasteiger partial charge in [0.2, 0.25) is 11.8 Å². The van der Waals surface area contributed by atoms with E-state index in [2.05, 4.69) is 11.9 Å². The normalized spacial score (nSPS) is 11.4. The zero-order valence-corrected chi connectivity index (χ0v) is 20.7. The molecule has 36 heavy (non-hydrogen) atoms. The average molecular weight is 499 g/mol. The molecule has 10 nitrogen and oxygen atoms in total. The van der Waals surface area contributed by atoms with E-state index in [0.29, 0.717) is 18.0 Å². The Labute approximate surface area is 211 Å². The van der Waals surface area contributed by atoms with Crippen LogP contribution in [0.2, 0.25) is 0 Å². The highest BCUT2D eigenvalue weighted by Crippen LogP contribution is 2.28. The SMILES string of the molecule is C=CCN(N)CC(=O)N[C@@H](Cc1ccc(O)cc1)C(=O)N(CCC=O)Cc1ccc(OC)c(OC)c1. The van der Waals surface area contributed by atoms with Crippen molar-refractivity contribution in [2.24, 2.45) is 5.84 Å². The molecular weight excluding hydrogens is 464 g/mol. The number of phenolic OH excluding ortho intramolecular Hbond substituents is 1. The molecule has 0 aliphatic carbocycles. The number of hydrogen-bond donors (Lipinski definition) is 3. The summed E-state index contributed by atoms with van der Waals surface area (Å²) >= 11 is 0. The molecule has 0 fully saturated rings. The highest BCUT2D eigenvalue weighted by Gasteiger charge is 2.27. The van der Waals surface area contributed by atoms with E-state index in [1.54, 1.807) is 36.4 Å². The molecule has 0 saturated heterocycles. The maximum atomic E-state index is 13.7. The highest BCUT2D eigenvalue weighted by molar-refractivity contribution is 5.88. The molecule has 1 atom stereocenters. The number of phenols is 1. The molecule has 0 heterocycles. The van der Waals surface area contributed by atoms with Crippen molar-refractivity contribution in [2.75, 3.05) is 33.9 Å². The number of methoxy groups -OCH3 is 2.